The number of aromatic carboxylic acids is 1. The molecule has 144 valence electrons. The van der Waals surface area contributed by atoms with Gasteiger partial charge in [-0.2, -0.15) is 0 Å². The molecule has 0 aliphatic rings. The van der Waals surface area contributed by atoms with E-state index in [9.17, 15) is 9.28 Å². The number of rotatable bonds is 9. The van der Waals surface area contributed by atoms with E-state index >= 15 is 0 Å². The van der Waals surface area contributed by atoms with Gasteiger partial charge in [0.2, 0.25) is 0 Å². The van der Waals surface area contributed by atoms with E-state index < -0.39 is 5.97 Å². The minimum absolute atomic E-state index is 0.169. The zero-order valence-corrected chi connectivity index (χ0v) is 16.3. The van der Waals surface area contributed by atoms with E-state index in [0.29, 0.717) is 31.7 Å². The predicted molar refractivity (Wildman–Crippen MR) is 104 cm³/mol. The standard InChI is InChI=1S/C16H26FN3O2.C3H8/c1-4-8-19(17)9-5-10-20(12(2)3)15-7-6-13(16(21)22)11-14(15)18;1-3-2/h6-7,11-12H,4-5,8-10,18H2,1-3H3,(H,21,22);3H2,1-2H3. The molecule has 25 heavy (non-hydrogen) atoms. The molecule has 0 fully saturated rings. The monoisotopic (exact) mass is 355 g/mol. The van der Waals surface area contributed by atoms with Gasteiger partial charge < -0.3 is 15.7 Å². The average Bonchev–Trinajstić information content (AvgIpc) is 2.52. The van der Waals surface area contributed by atoms with Crippen molar-refractivity contribution in [1.29, 1.82) is 0 Å². The van der Waals surface area contributed by atoms with Gasteiger partial charge in [0, 0.05) is 25.7 Å². The van der Waals surface area contributed by atoms with Crippen LogP contribution in [0.2, 0.25) is 0 Å². The van der Waals surface area contributed by atoms with Gasteiger partial charge >= 0.3 is 5.97 Å². The molecular weight excluding hydrogens is 321 g/mol. The smallest absolute Gasteiger partial charge is 0.335 e. The molecule has 0 heterocycles. The van der Waals surface area contributed by atoms with Gasteiger partial charge in [0.15, 0.2) is 0 Å². The van der Waals surface area contributed by atoms with Gasteiger partial charge in [-0.15, -0.1) is 9.60 Å². The molecule has 0 atom stereocenters. The number of hydrogen-bond donors (Lipinski definition) is 2. The highest BCUT2D eigenvalue weighted by Crippen LogP contribution is 2.26. The summed E-state index contributed by atoms with van der Waals surface area (Å²) >= 11 is 0. The van der Waals surface area contributed by atoms with Crippen LogP contribution in [0.3, 0.4) is 0 Å². The van der Waals surface area contributed by atoms with Gasteiger partial charge in [-0.05, 0) is 44.9 Å². The number of anilines is 2. The molecule has 0 spiro atoms. The predicted octanol–water partition coefficient (Wildman–Crippen LogP) is 4.58. The molecule has 0 bridgehead atoms. The maximum Gasteiger partial charge on any atom is 0.335 e. The summed E-state index contributed by atoms with van der Waals surface area (Å²) < 4.78 is 13.4. The third-order valence-corrected chi connectivity index (χ3v) is 3.47. The maximum atomic E-state index is 13.4. The number of carboxylic acids is 1. The minimum atomic E-state index is -0.998. The topological polar surface area (TPSA) is 69.8 Å². The van der Waals surface area contributed by atoms with Crippen LogP contribution in [-0.4, -0.2) is 41.9 Å². The van der Waals surface area contributed by atoms with Crippen molar-refractivity contribution in [2.45, 2.75) is 59.9 Å². The summed E-state index contributed by atoms with van der Waals surface area (Å²) in [7, 11) is 0. The zero-order chi connectivity index (χ0) is 19.4. The highest BCUT2D eigenvalue weighted by Gasteiger charge is 2.15. The number of carbonyl (C=O) groups is 1. The summed E-state index contributed by atoms with van der Waals surface area (Å²) in [6, 6.07) is 4.92. The summed E-state index contributed by atoms with van der Waals surface area (Å²) in [5.74, 6) is -0.998. The van der Waals surface area contributed by atoms with E-state index in [4.69, 9.17) is 10.8 Å². The number of nitrogen functional groups attached to an aromatic ring is 1. The number of hydrogen-bond acceptors (Lipinski definition) is 4. The second-order valence-electron chi connectivity index (χ2n) is 6.34. The summed E-state index contributed by atoms with van der Waals surface area (Å²) in [4.78, 5) is 13.0. The molecule has 0 radical (unpaired) electrons. The van der Waals surface area contributed by atoms with Crippen LogP contribution in [0.5, 0.6) is 0 Å². The molecule has 6 heteroatoms. The Morgan fingerprint density at radius 1 is 1.20 bits per heavy atom. The molecule has 0 aromatic heterocycles. The average molecular weight is 355 g/mol. The van der Waals surface area contributed by atoms with Crippen molar-refractivity contribution in [2.24, 2.45) is 0 Å². The number of carboxylic acid groups (broad SMARTS) is 1. The molecule has 0 aliphatic heterocycles. The molecule has 0 saturated carbocycles. The molecule has 3 N–H and O–H groups in total. The Hall–Kier alpha value is -1.82. The first-order valence-corrected chi connectivity index (χ1v) is 9.08. The lowest BCUT2D eigenvalue weighted by Gasteiger charge is -2.30. The van der Waals surface area contributed by atoms with E-state index in [1.165, 1.54) is 12.5 Å². The highest BCUT2D eigenvalue weighted by molar-refractivity contribution is 5.90. The summed E-state index contributed by atoms with van der Waals surface area (Å²) in [5, 5.41) is 9.81. The van der Waals surface area contributed by atoms with Crippen molar-refractivity contribution in [3.63, 3.8) is 0 Å². The Morgan fingerprint density at radius 2 is 1.80 bits per heavy atom. The Kier molecular flexibility index (Phi) is 11.6. The quantitative estimate of drug-likeness (QED) is 0.501. The summed E-state index contributed by atoms with van der Waals surface area (Å²) in [6.45, 7) is 11.7. The highest BCUT2D eigenvalue weighted by atomic mass is 19.2. The third-order valence-electron chi connectivity index (χ3n) is 3.47. The normalized spacial score (nSPS) is 10.6. The van der Waals surface area contributed by atoms with Gasteiger partial charge in [-0.1, -0.05) is 27.2 Å². The van der Waals surface area contributed by atoms with Gasteiger partial charge in [0.05, 0.1) is 16.9 Å². The summed E-state index contributed by atoms with van der Waals surface area (Å²) in [6.07, 6.45) is 2.71. The zero-order valence-electron chi connectivity index (χ0n) is 16.3. The van der Waals surface area contributed by atoms with E-state index in [2.05, 4.69) is 18.7 Å². The van der Waals surface area contributed by atoms with Crippen LogP contribution in [0.15, 0.2) is 18.2 Å². The minimum Gasteiger partial charge on any atom is -0.478 e. The van der Waals surface area contributed by atoms with E-state index in [1.54, 1.807) is 12.1 Å². The van der Waals surface area contributed by atoms with Crippen molar-refractivity contribution < 1.29 is 14.4 Å². The molecule has 1 rings (SSSR count). The number of nitrogens with two attached hydrogens (primary N) is 1. The Morgan fingerprint density at radius 3 is 2.24 bits per heavy atom. The van der Waals surface area contributed by atoms with Crippen LogP contribution in [0.1, 0.15) is 64.2 Å². The van der Waals surface area contributed by atoms with Gasteiger partial charge in [-0.3, -0.25) is 0 Å². The largest absolute Gasteiger partial charge is 0.478 e. The van der Waals surface area contributed by atoms with E-state index in [-0.39, 0.29) is 11.6 Å². The lowest BCUT2D eigenvalue weighted by molar-refractivity contribution is 0.0250. The molecule has 0 unspecified atom stereocenters. The van der Waals surface area contributed by atoms with E-state index in [1.807, 2.05) is 20.8 Å². The molecule has 1 aromatic carbocycles. The second kappa shape index (κ2) is 12.5. The van der Waals surface area contributed by atoms with Gasteiger partial charge in [0.25, 0.3) is 0 Å². The lowest BCUT2D eigenvalue weighted by atomic mass is 10.1. The van der Waals surface area contributed by atoms with Gasteiger partial charge in [-0.25, -0.2) is 4.79 Å². The molecule has 1 aromatic rings. The Balaban J connectivity index is 0.00000178. The van der Waals surface area contributed by atoms with Crippen molar-refractivity contribution in [3.05, 3.63) is 23.8 Å². The molecule has 0 saturated heterocycles. The first-order chi connectivity index (χ1) is 11.8. The second-order valence-corrected chi connectivity index (χ2v) is 6.34. The third kappa shape index (κ3) is 8.72. The van der Waals surface area contributed by atoms with Crippen LogP contribution in [0.25, 0.3) is 0 Å². The molecular formula is C19H34FN3O2. The van der Waals surface area contributed by atoms with E-state index in [0.717, 1.165) is 17.2 Å². The van der Waals surface area contributed by atoms with Crippen molar-refractivity contribution in [1.82, 2.24) is 5.12 Å². The number of nitrogens with zero attached hydrogens (tertiary/aromatic N) is 2. The Bertz CT molecular complexity index is 509. The van der Waals surface area contributed by atoms with Crippen LogP contribution in [-0.2, 0) is 0 Å². The first-order valence-electron chi connectivity index (χ1n) is 9.08. The molecule has 0 aliphatic carbocycles. The van der Waals surface area contributed by atoms with Crippen molar-refractivity contribution in [2.75, 3.05) is 30.3 Å². The van der Waals surface area contributed by atoms with Crippen LogP contribution in [0, 0.1) is 0 Å². The fourth-order valence-electron chi connectivity index (χ4n) is 2.37. The van der Waals surface area contributed by atoms with Crippen LogP contribution >= 0.6 is 0 Å². The first kappa shape index (κ1) is 23.2. The van der Waals surface area contributed by atoms with Crippen LogP contribution in [0.4, 0.5) is 15.9 Å². The van der Waals surface area contributed by atoms with Crippen LogP contribution < -0.4 is 10.6 Å². The Labute approximate surface area is 151 Å². The fraction of sp³-hybridized carbons (Fsp3) is 0.632. The summed E-state index contributed by atoms with van der Waals surface area (Å²) in [5.41, 5.74) is 7.38. The number of benzene rings is 1. The van der Waals surface area contributed by atoms with Crippen molar-refractivity contribution in [3.8, 4) is 0 Å². The lowest BCUT2D eigenvalue weighted by Crippen LogP contribution is -2.34. The van der Waals surface area contributed by atoms with Crippen molar-refractivity contribution >= 4 is 17.3 Å². The molecule has 5 nitrogen and oxygen atoms in total. The maximum absolute atomic E-state index is 13.4. The molecule has 0 amide bonds. The SMILES string of the molecule is CCC.CCCN(F)CCCN(c1ccc(C(=O)O)cc1N)C(C)C. The fourth-order valence-corrected chi connectivity index (χ4v) is 2.37. The van der Waals surface area contributed by atoms with Gasteiger partial charge in [0.1, 0.15) is 0 Å². The number of halogens is 1.